The number of thioether (sulfide) groups is 1. The first-order chi connectivity index (χ1) is 15.9. The molecule has 3 amide bonds. The maximum absolute atomic E-state index is 13.3. The molecular weight excluding hydrogens is 448 g/mol. The van der Waals surface area contributed by atoms with E-state index in [0.29, 0.717) is 12.2 Å². The quantitative estimate of drug-likeness (QED) is 0.664. The van der Waals surface area contributed by atoms with Crippen molar-refractivity contribution in [3.05, 3.63) is 60.2 Å². The molecule has 2 aromatic carbocycles. The Balaban J connectivity index is 1.28. The fourth-order valence-electron chi connectivity index (χ4n) is 3.85. The molecule has 6 nitrogen and oxygen atoms in total. The minimum absolute atomic E-state index is 0.0395. The van der Waals surface area contributed by atoms with Crippen LogP contribution in [0.25, 0.3) is 0 Å². The lowest BCUT2D eigenvalue weighted by Gasteiger charge is -2.32. The average molecular weight is 476 g/mol. The van der Waals surface area contributed by atoms with Crippen molar-refractivity contribution in [1.82, 2.24) is 15.5 Å². The number of carbonyl (C=O) groups excluding carboxylic acids is 2. The predicted molar refractivity (Wildman–Crippen MR) is 124 cm³/mol. The van der Waals surface area contributed by atoms with E-state index in [1.165, 1.54) is 4.90 Å². The van der Waals surface area contributed by atoms with Gasteiger partial charge < -0.3 is 20.3 Å². The molecule has 2 atom stereocenters. The first-order valence-electron chi connectivity index (χ1n) is 11.1. The van der Waals surface area contributed by atoms with E-state index in [1.54, 1.807) is 11.8 Å². The van der Waals surface area contributed by atoms with Crippen molar-refractivity contribution in [2.45, 2.75) is 36.5 Å². The lowest BCUT2D eigenvalue weighted by molar-refractivity contribution is -0.121. The second-order valence-corrected chi connectivity index (χ2v) is 9.47. The highest BCUT2D eigenvalue weighted by Crippen LogP contribution is 2.34. The molecular formula is C24H27F2N3O3S. The van der Waals surface area contributed by atoms with Gasteiger partial charge in [0.1, 0.15) is 16.7 Å². The summed E-state index contributed by atoms with van der Waals surface area (Å²) in [7, 11) is 0. The number of hydrogen-bond acceptors (Lipinski definition) is 4. The van der Waals surface area contributed by atoms with Gasteiger partial charge in [-0.25, -0.2) is 13.6 Å². The molecule has 176 valence electrons. The molecule has 0 aromatic heterocycles. The maximum atomic E-state index is 13.3. The van der Waals surface area contributed by atoms with Crippen molar-refractivity contribution < 1.29 is 23.1 Å². The monoisotopic (exact) mass is 475 g/mol. The molecule has 33 heavy (non-hydrogen) atoms. The Labute approximate surface area is 196 Å². The van der Waals surface area contributed by atoms with Crippen LogP contribution in [0.3, 0.4) is 0 Å². The molecule has 2 aromatic rings. The van der Waals surface area contributed by atoms with Gasteiger partial charge in [0.05, 0.1) is 0 Å². The molecule has 4 rings (SSSR count). The van der Waals surface area contributed by atoms with Crippen LogP contribution < -0.4 is 15.4 Å². The zero-order valence-corrected chi connectivity index (χ0v) is 19.0. The highest BCUT2D eigenvalue weighted by Gasteiger charge is 2.36. The van der Waals surface area contributed by atoms with Gasteiger partial charge in [0.25, 0.3) is 5.92 Å². The summed E-state index contributed by atoms with van der Waals surface area (Å²) in [6.07, 6.45) is 0.0859. The molecule has 2 saturated heterocycles. The molecule has 0 radical (unpaired) electrons. The molecule has 9 heteroatoms. The Hall–Kier alpha value is -2.81. The second kappa shape index (κ2) is 10.4. The van der Waals surface area contributed by atoms with Crippen LogP contribution in [0.5, 0.6) is 11.5 Å². The lowest BCUT2D eigenvalue weighted by atomic mass is 10.1. The summed E-state index contributed by atoms with van der Waals surface area (Å²) < 4.78 is 32.4. The number of piperidine rings is 1. The van der Waals surface area contributed by atoms with Crippen molar-refractivity contribution in [1.29, 1.82) is 0 Å². The van der Waals surface area contributed by atoms with Gasteiger partial charge in [0.15, 0.2) is 0 Å². The van der Waals surface area contributed by atoms with Crippen LogP contribution in [0.1, 0.15) is 30.1 Å². The highest BCUT2D eigenvalue weighted by atomic mass is 32.2. The number of para-hydroxylation sites is 1. The number of amides is 3. The number of alkyl halides is 2. The molecule has 2 N–H and O–H groups in total. The zero-order chi connectivity index (χ0) is 23.3. The normalized spacial score (nSPS) is 22.7. The third kappa shape index (κ3) is 6.37. The average Bonchev–Trinajstić information content (AvgIpc) is 2.99. The fraction of sp³-hybridized carbons (Fsp3) is 0.417. The Bertz CT molecular complexity index is 949. The minimum Gasteiger partial charge on any atom is -0.457 e. The van der Waals surface area contributed by atoms with Crippen molar-refractivity contribution in [3.8, 4) is 11.5 Å². The molecule has 0 saturated carbocycles. The Kier molecular flexibility index (Phi) is 7.37. The van der Waals surface area contributed by atoms with Gasteiger partial charge in [-0.05, 0) is 42.0 Å². The van der Waals surface area contributed by atoms with Crippen LogP contribution in [0.15, 0.2) is 54.6 Å². The number of urea groups is 1. The van der Waals surface area contributed by atoms with Gasteiger partial charge in [0.2, 0.25) is 5.91 Å². The van der Waals surface area contributed by atoms with Crippen molar-refractivity contribution in [2.75, 3.05) is 25.4 Å². The number of nitrogens with zero attached hydrogens (tertiary/aromatic N) is 1. The highest BCUT2D eigenvalue weighted by molar-refractivity contribution is 8.00. The third-order valence-electron chi connectivity index (χ3n) is 5.78. The van der Waals surface area contributed by atoms with Gasteiger partial charge >= 0.3 is 6.03 Å². The van der Waals surface area contributed by atoms with E-state index < -0.39 is 5.92 Å². The minimum atomic E-state index is -2.69. The molecule has 2 aliphatic rings. The van der Waals surface area contributed by atoms with Crippen molar-refractivity contribution in [3.63, 3.8) is 0 Å². The lowest BCUT2D eigenvalue weighted by Crippen LogP contribution is -2.50. The number of ether oxygens (including phenoxy) is 1. The summed E-state index contributed by atoms with van der Waals surface area (Å²) in [5.74, 6) is -0.604. The number of nitrogens with one attached hydrogen (secondary N) is 2. The SMILES string of the molecule is O=C1N[C@H](CNC(=O)N2CCC(F)(F)CC2)CCS[C@@H]1c1ccc(Oc2ccccc2)cc1. The van der Waals surface area contributed by atoms with E-state index in [2.05, 4.69) is 10.6 Å². The Morgan fingerprint density at radius 2 is 1.76 bits per heavy atom. The summed E-state index contributed by atoms with van der Waals surface area (Å²) in [5.41, 5.74) is 0.886. The summed E-state index contributed by atoms with van der Waals surface area (Å²) in [6, 6.07) is 16.4. The van der Waals surface area contributed by atoms with E-state index in [4.69, 9.17) is 4.74 Å². The summed E-state index contributed by atoms with van der Waals surface area (Å²) in [6.45, 7) is 0.351. The Morgan fingerprint density at radius 1 is 1.09 bits per heavy atom. The molecule has 0 spiro atoms. The molecule has 0 bridgehead atoms. The van der Waals surface area contributed by atoms with Gasteiger partial charge in [-0.1, -0.05) is 30.3 Å². The largest absolute Gasteiger partial charge is 0.457 e. The topological polar surface area (TPSA) is 70.7 Å². The molecule has 2 fully saturated rings. The van der Waals surface area contributed by atoms with Crippen LogP contribution in [-0.4, -0.2) is 54.2 Å². The number of hydrogen-bond donors (Lipinski definition) is 2. The third-order valence-corrected chi connectivity index (χ3v) is 7.07. The van der Waals surface area contributed by atoms with Gasteiger partial charge in [-0.2, -0.15) is 0 Å². The first kappa shape index (κ1) is 23.4. The van der Waals surface area contributed by atoms with E-state index in [-0.39, 0.29) is 55.7 Å². The van der Waals surface area contributed by atoms with Crippen LogP contribution >= 0.6 is 11.8 Å². The van der Waals surface area contributed by atoms with E-state index in [1.807, 2.05) is 54.6 Å². The summed E-state index contributed by atoms with van der Waals surface area (Å²) in [5, 5.41) is 5.45. The van der Waals surface area contributed by atoms with Crippen LogP contribution in [0, 0.1) is 0 Å². The van der Waals surface area contributed by atoms with E-state index in [9.17, 15) is 18.4 Å². The summed E-state index contributed by atoms with van der Waals surface area (Å²) >= 11 is 1.56. The molecule has 0 unspecified atom stereocenters. The molecule has 2 aliphatic heterocycles. The maximum Gasteiger partial charge on any atom is 0.317 e. The van der Waals surface area contributed by atoms with Crippen LogP contribution in [0.2, 0.25) is 0 Å². The van der Waals surface area contributed by atoms with Gasteiger partial charge in [-0.15, -0.1) is 11.8 Å². The van der Waals surface area contributed by atoms with Crippen molar-refractivity contribution >= 4 is 23.7 Å². The number of likely N-dealkylation sites (tertiary alicyclic amines) is 1. The number of benzene rings is 2. The van der Waals surface area contributed by atoms with Crippen molar-refractivity contribution in [2.24, 2.45) is 0 Å². The standard InChI is InChI=1S/C24H27F2N3O3S/c25-24(26)11-13-29(14-12-24)23(31)27-16-18-10-15-33-21(22(30)28-18)17-6-8-20(9-7-17)32-19-4-2-1-3-5-19/h1-9,18,21H,10-16H2,(H,27,31)(H,28,30)/t18-,21+/m0/s1. The summed E-state index contributed by atoms with van der Waals surface area (Å²) in [4.78, 5) is 26.6. The van der Waals surface area contributed by atoms with Crippen LogP contribution in [0.4, 0.5) is 13.6 Å². The Morgan fingerprint density at radius 3 is 2.45 bits per heavy atom. The van der Waals surface area contributed by atoms with Gasteiger partial charge in [-0.3, -0.25) is 4.79 Å². The smallest absolute Gasteiger partial charge is 0.317 e. The van der Waals surface area contributed by atoms with Gasteiger partial charge in [0, 0.05) is 38.5 Å². The van der Waals surface area contributed by atoms with E-state index in [0.717, 1.165) is 17.1 Å². The second-order valence-electron chi connectivity index (χ2n) is 8.26. The van der Waals surface area contributed by atoms with Crippen LogP contribution in [-0.2, 0) is 4.79 Å². The number of rotatable bonds is 5. The van der Waals surface area contributed by atoms with E-state index >= 15 is 0 Å². The number of halogens is 2. The first-order valence-corrected chi connectivity index (χ1v) is 12.1. The molecule has 0 aliphatic carbocycles. The predicted octanol–water partition coefficient (Wildman–Crippen LogP) is 4.58. The molecule has 2 heterocycles. The zero-order valence-electron chi connectivity index (χ0n) is 18.1. The number of carbonyl (C=O) groups is 2. The fourth-order valence-corrected chi connectivity index (χ4v) is 5.07.